The molecule has 0 atom stereocenters. The van der Waals surface area contributed by atoms with Gasteiger partial charge in [-0.15, -0.1) is 0 Å². The highest BCUT2D eigenvalue weighted by Gasteiger charge is 2.34. The smallest absolute Gasteiger partial charge is 0.436 e. The van der Waals surface area contributed by atoms with Crippen LogP contribution in [0.5, 0.6) is 0 Å². The van der Waals surface area contributed by atoms with E-state index in [-0.39, 0.29) is 12.8 Å². The average Bonchev–Trinajstić information content (AvgIpc) is 2.93. The van der Waals surface area contributed by atoms with Crippen LogP contribution in [0.15, 0.2) is 0 Å². The third-order valence-electron chi connectivity index (χ3n) is 4.96. The van der Waals surface area contributed by atoms with Gasteiger partial charge < -0.3 is 4.74 Å². The Bertz CT molecular complexity index is 465. The number of amides is 2. The summed E-state index contributed by atoms with van der Waals surface area (Å²) in [6, 6.07) is 1.10. The summed E-state index contributed by atoms with van der Waals surface area (Å²) in [5, 5.41) is 0.527. The van der Waals surface area contributed by atoms with E-state index in [9.17, 15) is 14.4 Å². The van der Waals surface area contributed by atoms with Gasteiger partial charge in [0.25, 0.3) is 11.8 Å². The summed E-state index contributed by atoms with van der Waals surface area (Å²) in [6.45, 7) is 6.61. The summed E-state index contributed by atoms with van der Waals surface area (Å²) < 4.78 is 5.16. The molecule has 7 heteroatoms. The third kappa shape index (κ3) is 10.5. The number of rotatable bonds is 14. The van der Waals surface area contributed by atoms with E-state index in [1.807, 2.05) is 0 Å². The van der Waals surface area contributed by atoms with Gasteiger partial charge in [-0.25, -0.2) is 4.79 Å². The molecule has 1 rings (SSSR count). The van der Waals surface area contributed by atoms with Crippen molar-refractivity contribution in [3.8, 4) is 0 Å². The maximum absolute atomic E-state index is 11.7. The van der Waals surface area contributed by atoms with Gasteiger partial charge >= 0.3 is 6.16 Å². The first-order valence-electron chi connectivity index (χ1n) is 10.6. The number of carbonyl (C=O) groups is 3. The zero-order valence-corrected chi connectivity index (χ0v) is 18.4. The van der Waals surface area contributed by atoms with Crippen LogP contribution in [0.1, 0.15) is 84.0 Å². The van der Waals surface area contributed by atoms with E-state index in [1.54, 1.807) is 0 Å². The number of imide groups is 1. The van der Waals surface area contributed by atoms with Crippen molar-refractivity contribution >= 4 is 26.0 Å². The molecule has 0 radical (unpaired) electrons. The van der Waals surface area contributed by atoms with Crippen LogP contribution < -0.4 is 0 Å². The Morgan fingerprint density at radius 1 is 0.889 bits per heavy atom. The van der Waals surface area contributed by atoms with Crippen LogP contribution in [-0.4, -0.2) is 37.3 Å². The van der Waals surface area contributed by atoms with Gasteiger partial charge in [0.05, 0.1) is 14.3 Å². The SMILES string of the molecule is CCCCCCCCCCCC[Si](C)(C)COC(=O)ON1C(=O)CCC1=O. The first kappa shape index (κ1) is 23.7. The molecule has 1 saturated heterocycles. The van der Waals surface area contributed by atoms with Crippen molar-refractivity contribution in [2.45, 2.75) is 103 Å². The van der Waals surface area contributed by atoms with Crippen LogP contribution in [-0.2, 0) is 19.2 Å². The zero-order chi connectivity index (χ0) is 20.1. The van der Waals surface area contributed by atoms with Crippen LogP contribution in [0.3, 0.4) is 0 Å². The molecule has 0 spiro atoms. The number of ether oxygens (including phenoxy) is 1. The minimum Gasteiger partial charge on any atom is -0.436 e. The molecule has 0 bridgehead atoms. The molecule has 156 valence electrons. The Kier molecular flexibility index (Phi) is 11.3. The Morgan fingerprint density at radius 3 is 1.89 bits per heavy atom. The van der Waals surface area contributed by atoms with E-state index in [0.717, 1.165) is 12.5 Å². The Labute approximate surface area is 164 Å². The standard InChI is InChI=1S/C20H37NO5Si/c1-4-5-6-7-8-9-10-11-12-13-16-27(2,3)17-25-20(24)26-21-18(22)14-15-19(21)23/h4-17H2,1-3H3. The van der Waals surface area contributed by atoms with Gasteiger partial charge in [-0.3, -0.25) is 14.4 Å². The quantitative estimate of drug-likeness (QED) is 0.170. The molecule has 1 aliphatic rings. The fourth-order valence-electron chi connectivity index (χ4n) is 3.18. The summed E-state index contributed by atoms with van der Waals surface area (Å²) in [5.41, 5.74) is 0. The van der Waals surface area contributed by atoms with E-state index in [4.69, 9.17) is 9.57 Å². The van der Waals surface area contributed by atoms with Gasteiger partial charge in [-0.1, -0.05) is 95.3 Å². The number of unbranched alkanes of at least 4 members (excludes halogenated alkanes) is 9. The van der Waals surface area contributed by atoms with Crippen molar-refractivity contribution in [3.05, 3.63) is 0 Å². The van der Waals surface area contributed by atoms with Crippen molar-refractivity contribution in [3.63, 3.8) is 0 Å². The van der Waals surface area contributed by atoms with E-state index in [0.29, 0.717) is 11.3 Å². The lowest BCUT2D eigenvalue weighted by Gasteiger charge is -2.22. The monoisotopic (exact) mass is 399 g/mol. The average molecular weight is 400 g/mol. The zero-order valence-electron chi connectivity index (χ0n) is 17.4. The summed E-state index contributed by atoms with van der Waals surface area (Å²) in [6.07, 6.45) is 12.7. The summed E-state index contributed by atoms with van der Waals surface area (Å²) in [7, 11) is -1.66. The molecular weight excluding hydrogens is 362 g/mol. The lowest BCUT2D eigenvalue weighted by molar-refractivity contribution is -0.176. The molecule has 0 unspecified atom stereocenters. The second-order valence-corrected chi connectivity index (χ2v) is 13.4. The van der Waals surface area contributed by atoms with E-state index in [2.05, 4.69) is 20.0 Å². The van der Waals surface area contributed by atoms with E-state index >= 15 is 0 Å². The van der Waals surface area contributed by atoms with Crippen LogP contribution in [0.4, 0.5) is 4.79 Å². The molecule has 6 nitrogen and oxygen atoms in total. The molecule has 0 saturated carbocycles. The molecule has 0 aromatic heterocycles. The topological polar surface area (TPSA) is 72.9 Å². The lowest BCUT2D eigenvalue weighted by Crippen LogP contribution is -2.37. The number of nitrogens with zero attached hydrogens (tertiary/aromatic N) is 1. The minimum absolute atomic E-state index is 0.0884. The van der Waals surface area contributed by atoms with Crippen LogP contribution >= 0.6 is 0 Å². The maximum atomic E-state index is 11.7. The fraction of sp³-hybridized carbons (Fsp3) is 0.850. The number of hydrogen-bond donors (Lipinski definition) is 0. The first-order valence-corrected chi connectivity index (χ1v) is 14.0. The summed E-state index contributed by atoms with van der Waals surface area (Å²) in [4.78, 5) is 39.3. The van der Waals surface area contributed by atoms with Gasteiger partial charge in [0.15, 0.2) is 0 Å². The highest BCUT2D eigenvalue weighted by Crippen LogP contribution is 2.18. The molecule has 0 aromatic carbocycles. The second kappa shape index (κ2) is 12.9. The maximum Gasteiger partial charge on any atom is 0.533 e. The van der Waals surface area contributed by atoms with Gasteiger partial charge in [-0.05, 0) is 0 Å². The van der Waals surface area contributed by atoms with E-state index < -0.39 is 26.0 Å². The second-order valence-electron chi connectivity index (χ2n) is 8.31. The van der Waals surface area contributed by atoms with Gasteiger partial charge in [0, 0.05) is 12.8 Å². The minimum atomic E-state index is -1.66. The molecule has 0 aliphatic carbocycles. The molecule has 1 heterocycles. The Hall–Kier alpha value is -1.37. The van der Waals surface area contributed by atoms with Crippen molar-refractivity contribution in [1.29, 1.82) is 0 Å². The molecule has 1 aliphatic heterocycles. The van der Waals surface area contributed by atoms with Crippen LogP contribution in [0.2, 0.25) is 19.1 Å². The third-order valence-corrected chi connectivity index (χ3v) is 7.59. The van der Waals surface area contributed by atoms with Gasteiger partial charge in [0.1, 0.15) is 0 Å². The van der Waals surface area contributed by atoms with Crippen molar-refractivity contribution in [1.82, 2.24) is 5.06 Å². The van der Waals surface area contributed by atoms with Gasteiger partial charge in [-0.2, -0.15) is 0 Å². The normalized spacial score (nSPS) is 14.7. The molecule has 0 aromatic rings. The lowest BCUT2D eigenvalue weighted by atomic mass is 10.1. The highest BCUT2D eigenvalue weighted by atomic mass is 28.3. The highest BCUT2D eigenvalue weighted by molar-refractivity contribution is 6.77. The predicted molar refractivity (Wildman–Crippen MR) is 108 cm³/mol. The van der Waals surface area contributed by atoms with Crippen LogP contribution in [0.25, 0.3) is 0 Å². The molecule has 0 N–H and O–H groups in total. The number of hydrogen-bond acceptors (Lipinski definition) is 5. The largest absolute Gasteiger partial charge is 0.533 e. The first-order chi connectivity index (χ1) is 12.9. The van der Waals surface area contributed by atoms with Crippen molar-refractivity contribution in [2.75, 3.05) is 6.23 Å². The van der Waals surface area contributed by atoms with Crippen LogP contribution in [0, 0.1) is 0 Å². The number of carbonyl (C=O) groups excluding carboxylic acids is 3. The van der Waals surface area contributed by atoms with Crippen molar-refractivity contribution in [2.24, 2.45) is 0 Å². The molecule has 1 fully saturated rings. The Balaban J connectivity index is 2.05. The summed E-state index contributed by atoms with van der Waals surface area (Å²) in [5.74, 6) is -0.974. The van der Waals surface area contributed by atoms with Gasteiger partial charge in [0.2, 0.25) is 0 Å². The number of hydroxylamine groups is 2. The Morgan fingerprint density at radius 2 is 1.37 bits per heavy atom. The molecule has 27 heavy (non-hydrogen) atoms. The van der Waals surface area contributed by atoms with E-state index in [1.165, 1.54) is 57.8 Å². The predicted octanol–water partition coefficient (Wildman–Crippen LogP) is 5.37. The molecule has 2 amide bonds. The summed E-state index contributed by atoms with van der Waals surface area (Å²) >= 11 is 0. The van der Waals surface area contributed by atoms with Crippen molar-refractivity contribution < 1.29 is 24.0 Å². The molecular formula is C20H37NO5Si. The fourth-order valence-corrected chi connectivity index (χ4v) is 5.04.